The maximum absolute atomic E-state index is 12.5. The molecule has 0 spiro atoms. The average molecular weight is 348 g/mol. The Morgan fingerprint density at radius 1 is 0.962 bits per heavy atom. The van der Waals surface area contributed by atoms with E-state index >= 15 is 0 Å². The molecule has 26 heavy (non-hydrogen) atoms. The van der Waals surface area contributed by atoms with Crippen LogP contribution in [0.5, 0.6) is 0 Å². The molecule has 0 fully saturated rings. The molecule has 0 saturated carbocycles. The Labute approximate surface area is 151 Å². The fourth-order valence-corrected chi connectivity index (χ4v) is 2.57. The van der Waals surface area contributed by atoms with Gasteiger partial charge in [0.25, 0.3) is 11.8 Å². The van der Waals surface area contributed by atoms with E-state index in [2.05, 4.69) is 15.7 Å². The van der Waals surface area contributed by atoms with Crippen molar-refractivity contribution < 1.29 is 9.59 Å². The van der Waals surface area contributed by atoms with Crippen LogP contribution in [-0.2, 0) is 7.05 Å². The van der Waals surface area contributed by atoms with Crippen molar-refractivity contribution in [2.75, 3.05) is 5.32 Å². The minimum Gasteiger partial charge on any atom is -0.344 e. The van der Waals surface area contributed by atoms with Gasteiger partial charge in [0.05, 0.1) is 6.04 Å². The van der Waals surface area contributed by atoms with Crippen molar-refractivity contribution in [3.63, 3.8) is 0 Å². The number of benzene rings is 2. The first-order valence-electron chi connectivity index (χ1n) is 8.31. The number of rotatable bonds is 5. The van der Waals surface area contributed by atoms with Gasteiger partial charge in [0, 0.05) is 18.7 Å². The summed E-state index contributed by atoms with van der Waals surface area (Å²) in [6.45, 7) is 1.91. The summed E-state index contributed by atoms with van der Waals surface area (Å²) < 4.78 is 1.48. The van der Waals surface area contributed by atoms with Gasteiger partial charge in [-0.1, -0.05) is 48.5 Å². The molecule has 2 N–H and O–H groups in total. The smallest absolute Gasteiger partial charge is 0.272 e. The molecule has 1 atom stereocenters. The second-order valence-electron chi connectivity index (χ2n) is 5.96. The molecule has 0 unspecified atom stereocenters. The predicted octanol–water partition coefficient (Wildman–Crippen LogP) is 3.16. The van der Waals surface area contributed by atoms with Crippen LogP contribution in [0.1, 0.15) is 39.4 Å². The van der Waals surface area contributed by atoms with Crippen LogP contribution in [0.4, 0.5) is 5.82 Å². The Morgan fingerprint density at radius 2 is 1.58 bits per heavy atom. The molecule has 0 aliphatic rings. The maximum atomic E-state index is 12.5. The first kappa shape index (κ1) is 17.4. The zero-order valence-corrected chi connectivity index (χ0v) is 14.6. The van der Waals surface area contributed by atoms with E-state index < -0.39 is 0 Å². The summed E-state index contributed by atoms with van der Waals surface area (Å²) in [5.74, 6) is -0.0910. The lowest BCUT2D eigenvalue weighted by atomic mass is 10.1. The molecular weight excluding hydrogens is 328 g/mol. The minimum absolute atomic E-state index is 0.145. The van der Waals surface area contributed by atoms with E-state index in [0.717, 1.165) is 5.56 Å². The van der Waals surface area contributed by atoms with Crippen LogP contribution in [0.3, 0.4) is 0 Å². The minimum atomic E-state index is -0.294. The maximum Gasteiger partial charge on any atom is 0.272 e. The number of hydrogen-bond acceptors (Lipinski definition) is 3. The van der Waals surface area contributed by atoms with Crippen molar-refractivity contribution >= 4 is 17.6 Å². The average Bonchev–Trinajstić information content (AvgIpc) is 3.03. The van der Waals surface area contributed by atoms with E-state index in [1.807, 2.05) is 43.3 Å². The van der Waals surface area contributed by atoms with E-state index in [4.69, 9.17) is 0 Å². The van der Waals surface area contributed by atoms with Gasteiger partial charge in [-0.05, 0) is 24.6 Å². The summed E-state index contributed by atoms with van der Waals surface area (Å²) in [7, 11) is 1.68. The van der Waals surface area contributed by atoms with Crippen LogP contribution in [0.2, 0.25) is 0 Å². The molecule has 1 aromatic heterocycles. The quantitative estimate of drug-likeness (QED) is 0.744. The third kappa shape index (κ3) is 3.97. The van der Waals surface area contributed by atoms with Gasteiger partial charge in [-0.2, -0.15) is 5.10 Å². The summed E-state index contributed by atoms with van der Waals surface area (Å²) >= 11 is 0. The number of nitrogens with zero attached hydrogens (tertiary/aromatic N) is 2. The Hall–Kier alpha value is -3.41. The van der Waals surface area contributed by atoms with Crippen molar-refractivity contribution in [3.05, 3.63) is 83.6 Å². The SMILES string of the molecule is C[C@H](NC(=O)c1cc(NC(=O)c2ccccc2)n(C)n1)c1ccccc1. The van der Waals surface area contributed by atoms with Crippen molar-refractivity contribution in [1.29, 1.82) is 0 Å². The summed E-state index contributed by atoms with van der Waals surface area (Å²) in [5, 5.41) is 9.87. The number of amides is 2. The normalized spacial score (nSPS) is 11.6. The van der Waals surface area contributed by atoms with Crippen LogP contribution in [-0.4, -0.2) is 21.6 Å². The number of carbonyl (C=O) groups is 2. The van der Waals surface area contributed by atoms with Gasteiger partial charge in [0.2, 0.25) is 0 Å². The highest BCUT2D eigenvalue weighted by Gasteiger charge is 2.17. The Bertz CT molecular complexity index is 904. The number of anilines is 1. The highest BCUT2D eigenvalue weighted by Crippen LogP contribution is 2.15. The highest BCUT2D eigenvalue weighted by atomic mass is 16.2. The fourth-order valence-electron chi connectivity index (χ4n) is 2.57. The van der Waals surface area contributed by atoms with Gasteiger partial charge < -0.3 is 10.6 Å². The highest BCUT2D eigenvalue weighted by molar-refractivity contribution is 6.04. The Balaban J connectivity index is 1.69. The van der Waals surface area contributed by atoms with Gasteiger partial charge in [0.15, 0.2) is 5.69 Å². The molecular formula is C20H20N4O2. The molecule has 2 aromatic carbocycles. The van der Waals surface area contributed by atoms with Crippen molar-refractivity contribution in [2.24, 2.45) is 7.05 Å². The van der Waals surface area contributed by atoms with Crippen LogP contribution in [0.15, 0.2) is 66.7 Å². The lowest BCUT2D eigenvalue weighted by Crippen LogP contribution is -2.27. The van der Waals surface area contributed by atoms with E-state index in [1.165, 1.54) is 4.68 Å². The van der Waals surface area contributed by atoms with Crippen LogP contribution in [0.25, 0.3) is 0 Å². The van der Waals surface area contributed by atoms with Gasteiger partial charge in [-0.25, -0.2) is 0 Å². The zero-order chi connectivity index (χ0) is 18.5. The molecule has 0 aliphatic carbocycles. The van der Waals surface area contributed by atoms with E-state index in [1.54, 1.807) is 37.4 Å². The predicted molar refractivity (Wildman–Crippen MR) is 99.9 cm³/mol. The molecule has 1 heterocycles. The third-order valence-corrected chi connectivity index (χ3v) is 4.04. The van der Waals surface area contributed by atoms with Crippen LogP contribution in [0, 0.1) is 0 Å². The van der Waals surface area contributed by atoms with Gasteiger partial charge >= 0.3 is 0 Å². The second kappa shape index (κ2) is 7.65. The van der Waals surface area contributed by atoms with Gasteiger partial charge in [0.1, 0.15) is 5.82 Å². The van der Waals surface area contributed by atoms with E-state index in [-0.39, 0.29) is 23.6 Å². The fraction of sp³-hybridized carbons (Fsp3) is 0.150. The monoisotopic (exact) mass is 348 g/mol. The lowest BCUT2D eigenvalue weighted by molar-refractivity contribution is 0.0933. The first-order chi connectivity index (χ1) is 12.5. The van der Waals surface area contributed by atoms with E-state index in [0.29, 0.717) is 11.4 Å². The van der Waals surface area contributed by atoms with Crippen molar-refractivity contribution in [1.82, 2.24) is 15.1 Å². The summed E-state index contributed by atoms with van der Waals surface area (Å²) in [6, 6.07) is 20.0. The molecule has 0 aliphatic heterocycles. The third-order valence-electron chi connectivity index (χ3n) is 4.04. The van der Waals surface area contributed by atoms with Crippen LogP contribution < -0.4 is 10.6 Å². The largest absolute Gasteiger partial charge is 0.344 e. The number of hydrogen-bond donors (Lipinski definition) is 2. The molecule has 0 saturated heterocycles. The number of aryl methyl sites for hydroxylation is 1. The first-order valence-corrected chi connectivity index (χ1v) is 8.31. The molecule has 0 radical (unpaired) electrons. The molecule has 3 rings (SSSR count). The topological polar surface area (TPSA) is 76.0 Å². The Morgan fingerprint density at radius 3 is 2.23 bits per heavy atom. The Kier molecular flexibility index (Phi) is 5.12. The summed E-state index contributed by atoms with van der Waals surface area (Å²) in [5.41, 5.74) is 1.80. The lowest BCUT2D eigenvalue weighted by Gasteiger charge is -2.12. The second-order valence-corrected chi connectivity index (χ2v) is 5.96. The van der Waals surface area contributed by atoms with Gasteiger partial charge in [-0.3, -0.25) is 14.3 Å². The number of nitrogens with one attached hydrogen (secondary N) is 2. The molecule has 2 amide bonds. The van der Waals surface area contributed by atoms with Crippen LogP contribution >= 0.6 is 0 Å². The van der Waals surface area contributed by atoms with Crippen molar-refractivity contribution in [3.8, 4) is 0 Å². The standard InChI is InChI=1S/C20H20N4O2/c1-14(15-9-5-3-6-10-15)21-20(26)17-13-18(24(2)23-17)22-19(25)16-11-7-4-8-12-16/h3-14H,1-2H3,(H,21,26)(H,22,25)/t14-/m0/s1. The summed E-state index contributed by atoms with van der Waals surface area (Å²) in [4.78, 5) is 24.7. The molecule has 6 nitrogen and oxygen atoms in total. The molecule has 3 aromatic rings. The van der Waals surface area contributed by atoms with Crippen molar-refractivity contribution in [2.45, 2.75) is 13.0 Å². The zero-order valence-electron chi connectivity index (χ0n) is 14.6. The number of carbonyl (C=O) groups excluding carboxylic acids is 2. The summed E-state index contributed by atoms with van der Waals surface area (Å²) in [6.07, 6.45) is 0. The molecule has 0 bridgehead atoms. The van der Waals surface area contributed by atoms with Gasteiger partial charge in [-0.15, -0.1) is 0 Å². The van der Waals surface area contributed by atoms with E-state index in [9.17, 15) is 9.59 Å². The molecule has 6 heteroatoms. The number of aromatic nitrogens is 2. The molecule has 132 valence electrons.